The van der Waals surface area contributed by atoms with E-state index in [9.17, 15) is 9.90 Å². The number of anilines is 3. The highest BCUT2D eigenvalue weighted by Gasteiger charge is 2.16. The van der Waals surface area contributed by atoms with E-state index in [0.717, 1.165) is 16.9 Å². The van der Waals surface area contributed by atoms with Crippen molar-refractivity contribution in [1.29, 1.82) is 0 Å². The number of amides is 1. The summed E-state index contributed by atoms with van der Waals surface area (Å²) in [5.74, 6) is 0.528. The van der Waals surface area contributed by atoms with Gasteiger partial charge >= 0.3 is 0 Å². The van der Waals surface area contributed by atoms with Crippen LogP contribution in [0.1, 0.15) is 10.4 Å². The maximum Gasteiger partial charge on any atom is 0.261 e. The number of nitrogens with zero attached hydrogens (tertiary/aromatic N) is 7. The van der Waals surface area contributed by atoms with Crippen LogP contribution in [0.25, 0.3) is 28.3 Å². The van der Waals surface area contributed by atoms with E-state index < -0.39 is 5.91 Å². The summed E-state index contributed by atoms with van der Waals surface area (Å²) >= 11 is 0. The molecule has 3 N–H and O–H groups in total. The molecule has 1 amide bonds. The highest BCUT2D eigenvalue weighted by Crippen LogP contribution is 2.27. The van der Waals surface area contributed by atoms with Crippen LogP contribution in [0.5, 0.6) is 5.75 Å². The molecule has 4 aromatic heterocycles. The normalized spacial score (nSPS) is 11.0. The van der Waals surface area contributed by atoms with Crippen LogP contribution < -0.4 is 10.6 Å². The molecule has 0 unspecified atom stereocenters. The number of aryl methyl sites for hydroxylation is 1. The summed E-state index contributed by atoms with van der Waals surface area (Å²) in [6, 6.07) is 20.0. The molecule has 2 aromatic carbocycles. The first-order valence-electron chi connectivity index (χ1n) is 11.7. The quantitative estimate of drug-likeness (QED) is 0.306. The molecule has 11 nitrogen and oxygen atoms in total. The van der Waals surface area contributed by atoms with Gasteiger partial charge in [-0.25, -0.2) is 14.5 Å². The van der Waals surface area contributed by atoms with E-state index in [0.29, 0.717) is 28.5 Å². The van der Waals surface area contributed by atoms with Crippen LogP contribution in [-0.4, -0.2) is 45.4 Å². The lowest BCUT2D eigenvalue weighted by Gasteiger charge is -2.09. The minimum Gasteiger partial charge on any atom is -0.508 e. The van der Waals surface area contributed by atoms with Crippen LogP contribution in [0.15, 0.2) is 91.6 Å². The summed E-state index contributed by atoms with van der Waals surface area (Å²) in [6.07, 6.45) is 6.49. The second-order valence-electron chi connectivity index (χ2n) is 8.52. The largest absolute Gasteiger partial charge is 0.508 e. The zero-order valence-corrected chi connectivity index (χ0v) is 20.1. The lowest BCUT2D eigenvalue weighted by Crippen LogP contribution is -2.12. The highest BCUT2D eigenvalue weighted by atomic mass is 16.3. The molecule has 4 heterocycles. The summed E-state index contributed by atoms with van der Waals surface area (Å²) in [5.41, 5.74) is 4.26. The fourth-order valence-electron chi connectivity index (χ4n) is 4.02. The van der Waals surface area contributed by atoms with Gasteiger partial charge in [0.2, 0.25) is 0 Å². The van der Waals surface area contributed by atoms with Crippen LogP contribution in [-0.2, 0) is 7.05 Å². The molecule has 38 heavy (non-hydrogen) atoms. The Bertz CT molecular complexity index is 1780. The monoisotopic (exact) mass is 503 g/mol. The van der Waals surface area contributed by atoms with E-state index in [1.807, 2.05) is 42.5 Å². The van der Waals surface area contributed by atoms with Gasteiger partial charge in [-0.3, -0.25) is 14.5 Å². The SMILES string of the molecule is Cn1cnc(-c2cc(O)cc(NC(=O)c3cnn4ccc(Nc5cccc(-c6ccccn6)c5)nc34)c2)n1. The van der Waals surface area contributed by atoms with Gasteiger partial charge in [-0.05, 0) is 42.5 Å². The van der Waals surface area contributed by atoms with Crippen molar-refractivity contribution in [3.8, 4) is 28.4 Å². The van der Waals surface area contributed by atoms with Crippen molar-refractivity contribution < 1.29 is 9.90 Å². The molecule has 6 aromatic rings. The predicted octanol–water partition coefficient (Wildman–Crippen LogP) is 4.29. The van der Waals surface area contributed by atoms with Crippen LogP contribution >= 0.6 is 0 Å². The van der Waals surface area contributed by atoms with Gasteiger partial charge in [-0.2, -0.15) is 10.2 Å². The number of aromatic hydroxyl groups is 1. The fraction of sp³-hybridized carbons (Fsp3) is 0.0370. The summed E-state index contributed by atoms with van der Waals surface area (Å²) < 4.78 is 3.08. The van der Waals surface area contributed by atoms with Crippen molar-refractivity contribution in [3.63, 3.8) is 0 Å². The molecule has 0 fully saturated rings. The Hall–Kier alpha value is -5.58. The first kappa shape index (κ1) is 22.9. The predicted molar refractivity (Wildman–Crippen MR) is 142 cm³/mol. The van der Waals surface area contributed by atoms with Crippen molar-refractivity contribution in [2.45, 2.75) is 0 Å². The lowest BCUT2D eigenvalue weighted by atomic mass is 10.1. The van der Waals surface area contributed by atoms with Crippen molar-refractivity contribution >= 4 is 28.7 Å². The van der Waals surface area contributed by atoms with E-state index in [4.69, 9.17) is 0 Å². The molecule has 6 rings (SSSR count). The number of hydrogen-bond donors (Lipinski definition) is 3. The van der Waals surface area contributed by atoms with Gasteiger partial charge in [-0.1, -0.05) is 18.2 Å². The summed E-state index contributed by atoms with van der Waals surface area (Å²) in [5, 5.41) is 24.8. The third kappa shape index (κ3) is 4.63. The van der Waals surface area contributed by atoms with Gasteiger partial charge < -0.3 is 15.7 Å². The van der Waals surface area contributed by atoms with Crippen LogP contribution in [0.4, 0.5) is 17.2 Å². The number of phenolic OH excluding ortho intramolecular Hbond substituents is 1. The standard InChI is InChI=1S/C27H21N9O2/c1-35-16-29-25(34-35)18-12-20(14-21(37)13-18)32-27(38)22-15-30-36-10-8-24(33-26(22)36)31-19-6-4-5-17(11-19)23-7-2-3-9-28-23/h2-16,37H,1H3,(H,31,33)(H,32,38). The molecule has 0 atom stereocenters. The van der Waals surface area contributed by atoms with E-state index in [-0.39, 0.29) is 11.3 Å². The molecule has 186 valence electrons. The Labute approximate surface area is 216 Å². The Morgan fingerprint density at radius 2 is 1.84 bits per heavy atom. The minimum absolute atomic E-state index is 0.0253. The van der Waals surface area contributed by atoms with Gasteiger partial charge in [0.15, 0.2) is 11.5 Å². The zero-order chi connectivity index (χ0) is 26.1. The van der Waals surface area contributed by atoms with E-state index >= 15 is 0 Å². The molecular formula is C27H21N9O2. The van der Waals surface area contributed by atoms with Crippen molar-refractivity contribution in [1.82, 2.24) is 34.3 Å². The number of aromatic nitrogens is 7. The third-order valence-corrected chi connectivity index (χ3v) is 5.74. The zero-order valence-electron chi connectivity index (χ0n) is 20.1. The molecule has 0 aliphatic heterocycles. The Kier molecular flexibility index (Phi) is 5.69. The van der Waals surface area contributed by atoms with Crippen LogP contribution in [0.3, 0.4) is 0 Å². The average Bonchev–Trinajstić information content (AvgIpc) is 3.55. The molecule has 0 saturated heterocycles. The number of benzene rings is 2. The smallest absolute Gasteiger partial charge is 0.261 e. The van der Waals surface area contributed by atoms with Crippen LogP contribution in [0, 0.1) is 0 Å². The van der Waals surface area contributed by atoms with Gasteiger partial charge in [-0.15, -0.1) is 0 Å². The molecule has 0 aliphatic carbocycles. The third-order valence-electron chi connectivity index (χ3n) is 5.74. The number of rotatable bonds is 6. The number of carbonyl (C=O) groups excluding carboxylic acids is 1. The molecule has 0 aliphatic rings. The maximum absolute atomic E-state index is 13.2. The van der Waals surface area contributed by atoms with Gasteiger partial charge in [0.25, 0.3) is 5.91 Å². The molecular weight excluding hydrogens is 482 g/mol. The molecule has 11 heteroatoms. The summed E-state index contributed by atoms with van der Waals surface area (Å²) in [4.78, 5) is 26.4. The second kappa shape index (κ2) is 9.47. The molecule has 0 radical (unpaired) electrons. The molecule has 0 spiro atoms. The first-order valence-corrected chi connectivity index (χ1v) is 11.7. The number of hydrogen-bond acceptors (Lipinski definition) is 8. The van der Waals surface area contributed by atoms with Gasteiger partial charge in [0, 0.05) is 48.0 Å². The van der Waals surface area contributed by atoms with E-state index in [1.165, 1.54) is 22.8 Å². The number of pyridine rings is 1. The summed E-state index contributed by atoms with van der Waals surface area (Å²) in [6.45, 7) is 0. The number of fused-ring (bicyclic) bond motifs is 1. The fourth-order valence-corrected chi connectivity index (χ4v) is 4.02. The molecule has 0 saturated carbocycles. The van der Waals surface area contributed by atoms with Crippen molar-refractivity contribution in [2.24, 2.45) is 7.05 Å². The summed E-state index contributed by atoms with van der Waals surface area (Å²) in [7, 11) is 1.75. The van der Waals surface area contributed by atoms with Crippen molar-refractivity contribution in [3.05, 3.63) is 97.2 Å². The van der Waals surface area contributed by atoms with E-state index in [1.54, 1.807) is 42.6 Å². The highest BCUT2D eigenvalue weighted by molar-refractivity contribution is 6.08. The van der Waals surface area contributed by atoms with Gasteiger partial charge in [0.1, 0.15) is 23.5 Å². The molecule has 0 bridgehead atoms. The number of nitrogens with one attached hydrogen (secondary N) is 2. The maximum atomic E-state index is 13.2. The lowest BCUT2D eigenvalue weighted by molar-refractivity contribution is 0.102. The topological polar surface area (TPSA) is 135 Å². The Morgan fingerprint density at radius 3 is 2.66 bits per heavy atom. The van der Waals surface area contributed by atoms with Crippen LogP contribution in [0.2, 0.25) is 0 Å². The first-order chi connectivity index (χ1) is 18.5. The van der Waals surface area contributed by atoms with Gasteiger partial charge in [0.05, 0.1) is 11.9 Å². The average molecular weight is 504 g/mol. The second-order valence-corrected chi connectivity index (χ2v) is 8.52. The van der Waals surface area contributed by atoms with E-state index in [2.05, 4.69) is 35.8 Å². The minimum atomic E-state index is -0.424. The number of phenols is 1. The Balaban J connectivity index is 1.25. The number of carbonyl (C=O) groups is 1. The Morgan fingerprint density at radius 1 is 0.947 bits per heavy atom. The van der Waals surface area contributed by atoms with Crippen molar-refractivity contribution in [2.75, 3.05) is 10.6 Å².